The number of nitrogens with zero attached hydrogens (tertiary/aromatic N) is 3. The number of anilines is 1. The summed E-state index contributed by atoms with van der Waals surface area (Å²) in [6, 6.07) is 13.4. The third-order valence-electron chi connectivity index (χ3n) is 5.12. The summed E-state index contributed by atoms with van der Waals surface area (Å²) in [6.45, 7) is 2.81. The third-order valence-corrected chi connectivity index (χ3v) is 7.05. The van der Waals surface area contributed by atoms with Crippen LogP contribution >= 0.6 is 0 Å². The van der Waals surface area contributed by atoms with Crippen LogP contribution in [0.25, 0.3) is 0 Å². The molecule has 2 aromatic carbocycles. The van der Waals surface area contributed by atoms with E-state index in [1.54, 1.807) is 31.2 Å². The minimum Gasteiger partial charge on any atom is -0.473 e. The highest BCUT2D eigenvalue weighted by molar-refractivity contribution is 7.89. The number of halogens is 1. The number of nitrogens with one attached hydrogen (secondary N) is 1. The lowest BCUT2D eigenvalue weighted by molar-refractivity contribution is -0.159. The number of carbonyl (C=O) groups excluding carboxylic acids is 1. The Balaban J connectivity index is 0.000000641. The number of aliphatic carboxylic acids is 2. The molecule has 0 bridgehead atoms. The quantitative estimate of drug-likeness (QED) is 0.504. The lowest BCUT2D eigenvalue weighted by Gasteiger charge is -2.36. The molecule has 1 aliphatic rings. The van der Waals surface area contributed by atoms with Crippen LogP contribution < -0.4 is 5.32 Å². The highest BCUT2D eigenvalue weighted by Gasteiger charge is 2.33. The summed E-state index contributed by atoms with van der Waals surface area (Å²) in [5, 5.41) is 26.4. The van der Waals surface area contributed by atoms with Gasteiger partial charge in [-0.2, -0.15) is 9.57 Å². The molecule has 35 heavy (non-hydrogen) atoms. The predicted molar refractivity (Wildman–Crippen MR) is 121 cm³/mol. The van der Waals surface area contributed by atoms with Crippen molar-refractivity contribution >= 4 is 33.6 Å². The number of hydrogen-bond acceptors (Lipinski definition) is 7. The van der Waals surface area contributed by atoms with Crippen LogP contribution in [0, 0.1) is 17.1 Å². The molecule has 1 atom stereocenters. The molecule has 0 saturated carbocycles. The SMILES string of the molecule is CC(C(=O)Nc1ccc(C#N)cc1)N1CCN(S(=O)(=O)c2ccccc2F)CC1.O=C(O)C(=O)O. The van der Waals surface area contributed by atoms with Gasteiger partial charge in [0.2, 0.25) is 15.9 Å². The fourth-order valence-electron chi connectivity index (χ4n) is 3.16. The van der Waals surface area contributed by atoms with Crippen molar-refractivity contribution in [3.05, 3.63) is 59.9 Å². The summed E-state index contributed by atoms with van der Waals surface area (Å²) in [5.41, 5.74) is 1.09. The van der Waals surface area contributed by atoms with Crippen molar-refractivity contribution in [2.45, 2.75) is 17.9 Å². The van der Waals surface area contributed by atoms with Crippen molar-refractivity contribution in [1.82, 2.24) is 9.21 Å². The Bertz CT molecular complexity index is 1210. The zero-order valence-electron chi connectivity index (χ0n) is 18.6. The summed E-state index contributed by atoms with van der Waals surface area (Å²) < 4.78 is 40.5. The van der Waals surface area contributed by atoms with E-state index in [0.29, 0.717) is 24.3 Å². The molecule has 0 radical (unpaired) electrons. The van der Waals surface area contributed by atoms with Crippen molar-refractivity contribution in [3.8, 4) is 6.07 Å². The summed E-state index contributed by atoms with van der Waals surface area (Å²) in [4.78, 5) is 32.3. The van der Waals surface area contributed by atoms with Crippen LogP contribution in [0.2, 0.25) is 0 Å². The van der Waals surface area contributed by atoms with Crippen molar-refractivity contribution in [3.63, 3.8) is 0 Å². The van der Waals surface area contributed by atoms with Crippen molar-refractivity contribution < 1.29 is 37.4 Å². The molecule has 1 fully saturated rings. The van der Waals surface area contributed by atoms with Gasteiger partial charge in [0, 0.05) is 31.9 Å². The largest absolute Gasteiger partial charge is 0.473 e. The second-order valence-electron chi connectivity index (χ2n) is 7.34. The van der Waals surface area contributed by atoms with Gasteiger partial charge in [-0.1, -0.05) is 12.1 Å². The van der Waals surface area contributed by atoms with Crippen molar-refractivity contribution in [2.24, 2.45) is 0 Å². The Morgan fingerprint density at radius 2 is 1.54 bits per heavy atom. The fraction of sp³-hybridized carbons (Fsp3) is 0.273. The minimum atomic E-state index is -3.91. The number of carboxylic acids is 2. The lowest BCUT2D eigenvalue weighted by Crippen LogP contribution is -2.54. The first kappa shape index (κ1) is 27.4. The molecule has 3 N–H and O–H groups in total. The molecule has 1 unspecified atom stereocenters. The topological polar surface area (TPSA) is 168 Å². The molecule has 0 aliphatic carbocycles. The van der Waals surface area contributed by atoms with Gasteiger partial charge in [0.15, 0.2) is 0 Å². The standard InChI is InChI=1S/C20H21FN4O3S.C2H2O4/c1-15(20(26)23-17-8-6-16(14-22)7-9-17)24-10-12-25(13-11-24)29(27,28)19-5-3-2-4-18(19)21;3-1(4)2(5)6/h2-9,15H,10-13H2,1H3,(H,23,26);(H,3,4)(H,5,6). The number of hydrogen-bond donors (Lipinski definition) is 3. The first-order valence-corrected chi connectivity index (χ1v) is 11.7. The highest BCUT2D eigenvalue weighted by Crippen LogP contribution is 2.21. The Morgan fingerprint density at radius 1 is 1.00 bits per heavy atom. The number of carboxylic acid groups (broad SMARTS) is 2. The Labute approximate surface area is 201 Å². The Morgan fingerprint density at radius 3 is 2.03 bits per heavy atom. The minimum absolute atomic E-state index is 0.172. The van der Waals surface area contributed by atoms with Gasteiger partial charge in [-0.3, -0.25) is 9.69 Å². The predicted octanol–water partition coefficient (Wildman–Crippen LogP) is 1.19. The van der Waals surface area contributed by atoms with E-state index in [1.165, 1.54) is 22.5 Å². The molecular formula is C22H23FN4O7S. The van der Waals surface area contributed by atoms with Gasteiger partial charge in [-0.05, 0) is 43.3 Å². The Kier molecular flexibility index (Phi) is 9.41. The van der Waals surface area contributed by atoms with Crippen LogP contribution in [0.5, 0.6) is 0 Å². The molecular weight excluding hydrogens is 483 g/mol. The maximum absolute atomic E-state index is 13.9. The summed E-state index contributed by atoms with van der Waals surface area (Å²) in [7, 11) is -3.91. The van der Waals surface area contributed by atoms with Gasteiger partial charge >= 0.3 is 11.9 Å². The second-order valence-corrected chi connectivity index (χ2v) is 9.24. The van der Waals surface area contributed by atoms with E-state index in [9.17, 15) is 17.6 Å². The average molecular weight is 507 g/mol. The fourth-order valence-corrected chi connectivity index (χ4v) is 4.65. The second kappa shape index (κ2) is 12.0. The van der Waals surface area contributed by atoms with Crippen molar-refractivity contribution in [1.29, 1.82) is 5.26 Å². The number of sulfonamides is 1. The van der Waals surface area contributed by atoms with Gasteiger partial charge in [0.25, 0.3) is 0 Å². The number of rotatable bonds is 5. The molecule has 1 aliphatic heterocycles. The van der Waals surface area contributed by atoms with E-state index >= 15 is 0 Å². The maximum Gasteiger partial charge on any atom is 0.414 e. The molecule has 1 amide bonds. The van der Waals surface area contributed by atoms with E-state index in [4.69, 9.17) is 25.1 Å². The number of amides is 1. The third kappa shape index (κ3) is 7.31. The Hall–Kier alpha value is -3.86. The summed E-state index contributed by atoms with van der Waals surface area (Å²) >= 11 is 0. The van der Waals surface area contributed by atoms with Gasteiger partial charge in [-0.25, -0.2) is 22.4 Å². The smallest absolute Gasteiger partial charge is 0.414 e. The lowest BCUT2D eigenvalue weighted by atomic mass is 10.2. The normalized spacial score (nSPS) is 15.1. The molecule has 3 rings (SSSR count). The van der Waals surface area contributed by atoms with Crippen LogP contribution in [0.1, 0.15) is 12.5 Å². The molecule has 1 saturated heterocycles. The molecule has 1 heterocycles. The van der Waals surface area contributed by atoms with E-state index in [2.05, 4.69) is 5.32 Å². The molecule has 0 aromatic heterocycles. The van der Waals surface area contributed by atoms with E-state index in [-0.39, 0.29) is 23.9 Å². The molecule has 11 nitrogen and oxygen atoms in total. The highest BCUT2D eigenvalue weighted by atomic mass is 32.2. The van der Waals surface area contributed by atoms with Crippen LogP contribution in [0.15, 0.2) is 53.4 Å². The molecule has 13 heteroatoms. The van der Waals surface area contributed by atoms with E-state index < -0.39 is 33.8 Å². The van der Waals surface area contributed by atoms with Gasteiger partial charge in [0.05, 0.1) is 17.7 Å². The number of piperazine rings is 1. The van der Waals surface area contributed by atoms with Crippen LogP contribution in [-0.2, 0) is 24.4 Å². The number of carbonyl (C=O) groups is 3. The summed E-state index contributed by atoms with van der Waals surface area (Å²) in [6.07, 6.45) is 0. The van der Waals surface area contributed by atoms with E-state index in [1.807, 2.05) is 11.0 Å². The molecule has 186 valence electrons. The van der Waals surface area contributed by atoms with Crippen LogP contribution in [0.3, 0.4) is 0 Å². The van der Waals surface area contributed by atoms with E-state index in [0.717, 1.165) is 6.07 Å². The monoisotopic (exact) mass is 506 g/mol. The van der Waals surface area contributed by atoms with Crippen LogP contribution in [-0.4, -0.2) is 77.9 Å². The zero-order chi connectivity index (χ0) is 26.2. The van der Waals surface area contributed by atoms with Gasteiger partial charge in [-0.15, -0.1) is 0 Å². The van der Waals surface area contributed by atoms with Gasteiger partial charge < -0.3 is 15.5 Å². The zero-order valence-corrected chi connectivity index (χ0v) is 19.4. The first-order valence-electron chi connectivity index (χ1n) is 10.2. The van der Waals surface area contributed by atoms with Crippen molar-refractivity contribution in [2.75, 3.05) is 31.5 Å². The molecule has 0 spiro atoms. The van der Waals surface area contributed by atoms with Crippen LogP contribution in [0.4, 0.5) is 10.1 Å². The average Bonchev–Trinajstić information content (AvgIpc) is 2.84. The van der Waals surface area contributed by atoms with Gasteiger partial charge in [0.1, 0.15) is 10.7 Å². The first-order chi connectivity index (χ1) is 16.5. The molecule has 2 aromatic rings. The number of benzene rings is 2. The summed E-state index contributed by atoms with van der Waals surface area (Å²) in [5.74, 6) is -4.64. The number of nitriles is 1. The maximum atomic E-state index is 13.9.